The van der Waals surface area contributed by atoms with Gasteiger partial charge >= 0.3 is 0 Å². The third kappa shape index (κ3) is 5.17. The third-order valence-electron chi connectivity index (χ3n) is 2.02. The lowest BCUT2D eigenvalue weighted by atomic mass is 10.2. The number of ether oxygens (including phenoxy) is 1. The Labute approximate surface area is 110 Å². The number of aromatic nitrogens is 1. The highest BCUT2D eigenvalue weighted by Gasteiger charge is 2.10. The number of nitrogens with zero attached hydrogens (tertiary/aromatic N) is 1. The molecular weight excluding hydrogens is 284 g/mol. The summed E-state index contributed by atoms with van der Waals surface area (Å²) in [5, 5.41) is 3.20. The van der Waals surface area contributed by atoms with E-state index < -0.39 is 0 Å². The highest BCUT2D eigenvalue weighted by Crippen LogP contribution is 2.22. The van der Waals surface area contributed by atoms with Crippen LogP contribution in [-0.2, 0) is 16.0 Å². The van der Waals surface area contributed by atoms with Gasteiger partial charge in [-0.1, -0.05) is 0 Å². The number of anilines is 1. The van der Waals surface area contributed by atoms with Gasteiger partial charge in [0.1, 0.15) is 11.4 Å². The largest absolute Gasteiger partial charge is 0.462 e. The molecule has 1 aliphatic heterocycles. The number of hydrogen-bond acceptors (Lipinski definition) is 4. The maximum Gasteiger partial charge on any atom is 0.293 e. The summed E-state index contributed by atoms with van der Waals surface area (Å²) in [7, 11) is 0. The Bertz CT molecular complexity index is 389. The average molecular weight is 301 g/mol. The van der Waals surface area contributed by atoms with Crippen molar-refractivity contribution in [1.29, 1.82) is 0 Å². The van der Waals surface area contributed by atoms with Crippen LogP contribution in [0.2, 0.25) is 0 Å². The van der Waals surface area contributed by atoms with Crippen molar-refractivity contribution in [3.8, 4) is 0 Å². The van der Waals surface area contributed by atoms with Gasteiger partial charge in [-0.25, -0.2) is 4.98 Å². The minimum atomic E-state index is -0.318. The molecule has 1 aromatic rings. The van der Waals surface area contributed by atoms with E-state index in [4.69, 9.17) is 0 Å². The van der Waals surface area contributed by atoms with E-state index in [0.717, 1.165) is 23.3 Å². The molecule has 1 aliphatic rings. The van der Waals surface area contributed by atoms with E-state index in [-0.39, 0.29) is 5.60 Å². The molecule has 94 valence electrons. The number of nitrogens with one attached hydrogen (secondary N) is 1. The monoisotopic (exact) mass is 300 g/mol. The molecule has 0 saturated carbocycles. The topological polar surface area (TPSA) is 51.2 Å². The molecule has 0 aromatic carbocycles. The van der Waals surface area contributed by atoms with Crippen molar-refractivity contribution in [3.05, 3.63) is 22.3 Å². The smallest absolute Gasteiger partial charge is 0.293 e. The standard InChI is InChI=1S/C7H7BrN2.C5H10O2/c8-6-3-5-1-2-9-7(5)10-4-6;1-5(2,3)7-4-6/h3-4H,1-2H2,(H,9,10);4H,1-3H3. The van der Waals surface area contributed by atoms with Gasteiger partial charge in [0.05, 0.1) is 0 Å². The number of halogens is 1. The first-order valence-corrected chi connectivity index (χ1v) is 6.21. The number of carbonyl (C=O) groups is 1. The molecular formula is C12H17BrN2O2. The van der Waals surface area contributed by atoms with Gasteiger partial charge in [-0.3, -0.25) is 4.79 Å². The minimum absolute atomic E-state index is 0.318. The maximum absolute atomic E-state index is 9.60. The fraction of sp³-hybridized carbons (Fsp3) is 0.500. The molecule has 0 spiro atoms. The van der Waals surface area contributed by atoms with Crippen molar-refractivity contribution >= 4 is 28.2 Å². The molecule has 1 N–H and O–H groups in total. The molecule has 0 atom stereocenters. The number of pyridine rings is 1. The highest BCUT2D eigenvalue weighted by atomic mass is 79.9. The Balaban J connectivity index is 0.000000185. The van der Waals surface area contributed by atoms with Gasteiger partial charge in [0.25, 0.3) is 6.47 Å². The summed E-state index contributed by atoms with van der Waals surface area (Å²) < 4.78 is 5.61. The van der Waals surface area contributed by atoms with Gasteiger partial charge in [0, 0.05) is 17.2 Å². The highest BCUT2D eigenvalue weighted by molar-refractivity contribution is 9.10. The Morgan fingerprint density at radius 2 is 2.24 bits per heavy atom. The zero-order valence-electron chi connectivity index (χ0n) is 10.3. The van der Waals surface area contributed by atoms with Crippen LogP contribution in [0.25, 0.3) is 0 Å². The van der Waals surface area contributed by atoms with Crippen molar-refractivity contribution in [2.45, 2.75) is 32.8 Å². The van der Waals surface area contributed by atoms with Crippen LogP contribution >= 0.6 is 15.9 Å². The van der Waals surface area contributed by atoms with Crippen LogP contribution in [0.4, 0.5) is 5.82 Å². The van der Waals surface area contributed by atoms with Crippen LogP contribution in [0.3, 0.4) is 0 Å². The molecule has 0 bridgehead atoms. The van der Waals surface area contributed by atoms with Crippen LogP contribution in [0.15, 0.2) is 16.7 Å². The van der Waals surface area contributed by atoms with E-state index in [1.54, 1.807) is 0 Å². The fourth-order valence-electron chi connectivity index (χ4n) is 1.29. The number of fused-ring (bicyclic) bond motifs is 1. The molecule has 0 aliphatic carbocycles. The van der Waals surface area contributed by atoms with Crippen LogP contribution in [0, 0.1) is 0 Å². The molecule has 4 nitrogen and oxygen atoms in total. The van der Waals surface area contributed by atoms with Crippen LogP contribution in [0.1, 0.15) is 26.3 Å². The minimum Gasteiger partial charge on any atom is -0.462 e. The molecule has 0 radical (unpaired) electrons. The van der Waals surface area contributed by atoms with Gasteiger partial charge in [-0.15, -0.1) is 0 Å². The molecule has 0 unspecified atom stereocenters. The zero-order valence-corrected chi connectivity index (χ0v) is 11.9. The molecule has 5 heteroatoms. The van der Waals surface area contributed by atoms with E-state index in [9.17, 15) is 4.79 Å². The van der Waals surface area contributed by atoms with Crippen LogP contribution < -0.4 is 5.32 Å². The third-order valence-corrected chi connectivity index (χ3v) is 2.46. The lowest BCUT2D eigenvalue weighted by molar-refractivity contribution is -0.138. The lowest BCUT2D eigenvalue weighted by Crippen LogP contribution is -2.17. The van der Waals surface area contributed by atoms with Crippen LogP contribution in [0.5, 0.6) is 0 Å². The second kappa shape index (κ2) is 6.00. The molecule has 2 rings (SSSR count). The summed E-state index contributed by atoms with van der Waals surface area (Å²) in [5.74, 6) is 1.04. The van der Waals surface area contributed by atoms with Crippen molar-refractivity contribution < 1.29 is 9.53 Å². The summed E-state index contributed by atoms with van der Waals surface area (Å²) in [4.78, 5) is 13.8. The first kappa shape index (κ1) is 14.0. The molecule has 0 fully saturated rings. The first-order valence-electron chi connectivity index (χ1n) is 5.42. The predicted octanol–water partition coefficient (Wildman–Crippen LogP) is 2.77. The number of carbonyl (C=O) groups excluding carboxylic acids is 1. The quantitative estimate of drug-likeness (QED) is 0.810. The zero-order chi connectivity index (χ0) is 12.9. The van der Waals surface area contributed by atoms with E-state index in [1.165, 1.54) is 5.56 Å². The van der Waals surface area contributed by atoms with Gasteiger partial charge in [0.15, 0.2) is 0 Å². The molecule has 17 heavy (non-hydrogen) atoms. The molecule has 2 heterocycles. The number of hydrogen-bond donors (Lipinski definition) is 1. The summed E-state index contributed by atoms with van der Waals surface area (Å²) >= 11 is 3.37. The van der Waals surface area contributed by atoms with Gasteiger partial charge < -0.3 is 10.1 Å². The Hall–Kier alpha value is -1.10. The molecule has 0 saturated heterocycles. The van der Waals surface area contributed by atoms with Crippen molar-refractivity contribution in [2.24, 2.45) is 0 Å². The van der Waals surface area contributed by atoms with E-state index in [1.807, 2.05) is 27.0 Å². The molecule has 1 aromatic heterocycles. The Kier molecular flexibility index (Phi) is 4.93. The Morgan fingerprint density at radius 1 is 1.53 bits per heavy atom. The van der Waals surface area contributed by atoms with E-state index in [0.29, 0.717) is 6.47 Å². The predicted molar refractivity (Wildman–Crippen MR) is 71.0 cm³/mol. The summed E-state index contributed by atoms with van der Waals surface area (Å²) in [6.07, 6.45) is 2.92. The summed E-state index contributed by atoms with van der Waals surface area (Å²) in [5.41, 5.74) is 0.997. The number of rotatable bonds is 1. The SMILES string of the molecule is Brc1cnc2c(c1)CCN2.CC(C)(C)OC=O. The van der Waals surface area contributed by atoms with Gasteiger partial charge in [0.2, 0.25) is 0 Å². The van der Waals surface area contributed by atoms with Crippen molar-refractivity contribution in [2.75, 3.05) is 11.9 Å². The lowest BCUT2D eigenvalue weighted by Gasteiger charge is -2.14. The Morgan fingerprint density at radius 3 is 2.76 bits per heavy atom. The van der Waals surface area contributed by atoms with Crippen molar-refractivity contribution in [1.82, 2.24) is 4.98 Å². The second-order valence-corrected chi connectivity index (χ2v) is 5.58. The average Bonchev–Trinajstić information content (AvgIpc) is 2.63. The van der Waals surface area contributed by atoms with E-state index >= 15 is 0 Å². The summed E-state index contributed by atoms with van der Waals surface area (Å²) in [6, 6.07) is 2.11. The summed E-state index contributed by atoms with van der Waals surface area (Å²) in [6.45, 7) is 6.95. The first-order chi connectivity index (χ1) is 7.92. The fourth-order valence-corrected chi connectivity index (χ4v) is 1.67. The van der Waals surface area contributed by atoms with Gasteiger partial charge in [-0.05, 0) is 54.8 Å². The van der Waals surface area contributed by atoms with Crippen LogP contribution in [-0.4, -0.2) is 23.6 Å². The maximum atomic E-state index is 9.60. The normalized spacial score (nSPS) is 12.9. The van der Waals surface area contributed by atoms with Crippen molar-refractivity contribution in [3.63, 3.8) is 0 Å². The van der Waals surface area contributed by atoms with Gasteiger partial charge in [-0.2, -0.15) is 0 Å². The molecule has 0 amide bonds. The second-order valence-electron chi connectivity index (χ2n) is 4.66. The van der Waals surface area contributed by atoms with E-state index in [2.05, 4.69) is 37.0 Å².